The van der Waals surface area contributed by atoms with E-state index in [1.165, 1.54) is 6.07 Å². The van der Waals surface area contributed by atoms with Gasteiger partial charge < -0.3 is 14.6 Å². The number of fused-ring (bicyclic) bond motifs is 2. The predicted octanol–water partition coefficient (Wildman–Crippen LogP) is 3.26. The highest BCUT2D eigenvalue weighted by Gasteiger charge is 2.25. The summed E-state index contributed by atoms with van der Waals surface area (Å²) in [5.41, 5.74) is 2.13. The van der Waals surface area contributed by atoms with Gasteiger partial charge in [-0.15, -0.1) is 0 Å². The van der Waals surface area contributed by atoms with Crippen molar-refractivity contribution in [1.82, 2.24) is 9.55 Å². The number of hydrogen-bond donors (Lipinski definition) is 1. The first kappa shape index (κ1) is 12.2. The lowest BCUT2D eigenvalue weighted by atomic mass is 10.2. The van der Waals surface area contributed by atoms with E-state index < -0.39 is 0 Å². The first-order valence-corrected chi connectivity index (χ1v) is 6.84. The molecule has 5 heteroatoms. The van der Waals surface area contributed by atoms with E-state index in [-0.39, 0.29) is 11.9 Å². The van der Waals surface area contributed by atoms with Crippen LogP contribution >= 0.6 is 0 Å². The third-order valence-corrected chi connectivity index (χ3v) is 3.82. The molecular weight excluding hydrogens is 269 g/mol. The van der Waals surface area contributed by atoms with Gasteiger partial charge in [0.15, 0.2) is 17.7 Å². The van der Waals surface area contributed by atoms with E-state index in [2.05, 4.69) is 10.3 Å². The Labute approximate surface area is 121 Å². The molecule has 106 valence electrons. The number of rotatable bonds is 1. The van der Waals surface area contributed by atoms with Gasteiger partial charge in [-0.25, -0.2) is 9.37 Å². The van der Waals surface area contributed by atoms with Gasteiger partial charge in [0.2, 0.25) is 0 Å². The maximum absolute atomic E-state index is 13.9. The molecule has 0 radical (unpaired) electrons. The summed E-state index contributed by atoms with van der Waals surface area (Å²) >= 11 is 0. The fraction of sp³-hybridized carbons (Fsp3) is 0.188. The molecule has 1 unspecified atom stereocenters. The summed E-state index contributed by atoms with van der Waals surface area (Å²) in [6, 6.07) is 12.8. The van der Waals surface area contributed by atoms with Crippen LogP contribution in [0.3, 0.4) is 0 Å². The van der Waals surface area contributed by atoms with E-state index >= 15 is 0 Å². The standard InChI is InChI=1S/C16H14FN3O/c1-20-12-7-4-5-10(17)15(12)19-16(20)14-9-18-11-6-2-3-8-13(11)21-14/h2-8,14,18H,9H2,1H3. The lowest BCUT2D eigenvalue weighted by Gasteiger charge is -2.26. The minimum atomic E-state index is -0.307. The number of ether oxygens (including phenoxy) is 1. The first-order valence-electron chi connectivity index (χ1n) is 6.84. The molecule has 0 bridgehead atoms. The van der Waals surface area contributed by atoms with Crippen molar-refractivity contribution in [2.24, 2.45) is 7.05 Å². The third-order valence-electron chi connectivity index (χ3n) is 3.82. The molecule has 0 spiro atoms. The van der Waals surface area contributed by atoms with E-state index in [0.29, 0.717) is 12.1 Å². The number of benzene rings is 2. The molecule has 0 saturated carbocycles. The Bertz CT molecular complexity index is 828. The second-order valence-corrected chi connectivity index (χ2v) is 5.12. The number of aromatic nitrogens is 2. The molecule has 4 nitrogen and oxygen atoms in total. The second kappa shape index (κ2) is 4.48. The number of imidazole rings is 1. The van der Waals surface area contributed by atoms with Crippen molar-refractivity contribution >= 4 is 16.7 Å². The molecule has 0 aliphatic carbocycles. The summed E-state index contributed by atoms with van der Waals surface area (Å²) in [6.45, 7) is 0.607. The fourth-order valence-electron chi connectivity index (χ4n) is 2.74. The van der Waals surface area contributed by atoms with Crippen LogP contribution in [0.2, 0.25) is 0 Å². The lowest BCUT2D eigenvalue weighted by molar-refractivity contribution is 0.197. The Hall–Kier alpha value is -2.56. The van der Waals surface area contributed by atoms with Crippen molar-refractivity contribution in [2.75, 3.05) is 11.9 Å². The molecule has 2 heterocycles. The van der Waals surface area contributed by atoms with Crippen LogP contribution in [0.15, 0.2) is 42.5 Å². The van der Waals surface area contributed by atoms with E-state index in [9.17, 15) is 4.39 Å². The van der Waals surface area contributed by atoms with Crippen molar-refractivity contribution in [2.45, 2.75) is 6.10 Å². The SMILES string of the molecule is Cn1c(C2CNc3ccccc3O2)nc2c(F)cccc21. The van der Waals surface area contributed by atoms with Crippen molar-refractivity contribution < 1.29 is 9.13 Å². The van der Waals surface area contributed by atoms with Crippen molar-refractivity contribution in [1.29, 1.82) is 0 Å². The van der Waals surface area contributed by atoms with Crippen LogP contribution in [0.5, 0.6) is 5.75 Å². The normalized spacial score (nSPS) is 17.1. The van der Waals surface area contributed by atoms with Crippen LogP contribution in [0, 0.1) is 5.82 Å². The van der Waals surface area contributed by atoms with Gasteiger partial charge in [-0.2, -0.15) is 0 Å². The highest BCUT2D eigenvalue weighted by Crippen LogP contribution is 2.34. The third kappa shape index (κ3) is 1.85. The quantitative estimate of drug-likeness (QED) is 0.745. The number of aryl methyl sites for hydroxylation is 1. The topological polar surface area (TPSA) is 39.1 Å². The summed E-state index contributed by atoms with van der Waals surface area (Å²) in [5, 5.41) is 3.33. The van der Waals surface area contributed by atoms with E-state index in [0.717, 1.165) is 22.8 Å². The Balaban J connectivity index is 1.78. The zero-order chi connectivity index (χ0) is 14.4. The molecule has 4 rings (SSSR count). The summed E-state index contributed by atoms with van der Waals surface area (Å²) in [4.78, 5) is 4.43. The molecule has 1 N–H and O–H groups in total. The molecule has 21 heavy (non-hydrogen) atoms. The van der Waals surface area contributed by atoms with Crippen LogP contribution in [0.25, 0.3) is 11.0 Å². The number of anilines is 1. The average Bonchev–Trinajstić information content (AvgIpc) is 2.86. The highest BCUT2D eigenvalue weighted by atomic mass is 19.1. The van der Waals surface area contributed by atoms with Gasteiger partial charge in [0.25, 0.3) is 0 Å². The molecule has 3 aromatic rings. The fourth-order valence-corrected chi connectivity index (χ4v) is 2.74. The lowest BCUT2D eigenvalue weighted by Crippen LogP contribution is -2.25. The zero-order valence-electron chi connectivity index (χ0n) is 11.5. The van der Waals surface area contributed by atoms with Gasteiger partial charge in [0, 0.05) is 7.05 Å². The van der Waals surface area contributed by atoms with Gasteiger partial charge >= 0.3 is 0 Å². The molecule has 0 fully saturated rings. The Kier molecular flexibility index (Phi) is 2.60. The van der Waals surface area contributed by atoms with Crippen LogP contribution < -0.4 is 10.1 Å². The highest BCUT2D eigenvalue weighted by molar-refractivity contribution is 5.76. The van der Waals surface area contributed by atoms with Crippen LogP contribution in [-0.2, 0) is 7.05 Å². The molecular formula is C16H14FN3O. The van der Waals surface area contributed by atoms with E-state index in [4.69, 9.17) is 4.74 Å². The number of nitrogens with zero attached hydrogens (tertiary/aromatic N) is 2. The summed E-state index contributed by atoms with van der Waals surface area (Å²) in [5.74, 6) is 1.21. The van der Waals surface area contributed by atoms with Gasteiger partial charge in [-0.1, -0.05) is 18.2 Å². The monoisotopic (exact) mass is 283 g/mol. The van der Waals surface area contributed by atoms with Crippen molar-refractivity contribution in [3.8, 4) is 5.75 Å². The van der Waals surface area contributed by atoms with Gasteiger partial charge in [0.05, 0.1) is 17.7 Å². The number of hydrogen-bond acceptors (Lipinski definition) is 3. The van der Waals surface area contributed by atoms with Gasteiger partial charge in [0.1, 0.15) is 11.3 Å². The Morgan fingerprint density at radius 2 is 2.10 bits per heavy atom. The Morgan fingerprint density at radius 1 is 1.24 bits per heavy atom. The van der Waals surface area contributed by atoms with Crippen molar-refractivity contribution in [3.63, 3.8) is 0 Å². The first-order chi connectivity index (χ1) is 10.2. The maximum Gasteiger partial charge on any atom is 0.173 e. The smallest absolute Gasteiger partial charge is 0.173 e. The van der Waals surface area contributed by atoms with Crippen LogP contribution in [0.4, 0.5) is 10.1 Å². The minimum Gasteiger partial charge on any atom is -0.478 e. The van der Waals surface area contributed by atoms with Crippen LogP contribution in [0.1, 0.15) is 11.9 Å². The summed E-state index contributed by atoms with van der Waals surface area (Å²) in [6.07, 6.45) is -0.239. The minimum absolute atomic E-state index is 0.239. The number of para-hydroxylation sites is 3. The van der Waals surface area contributed by atoms with Crippen LogP contribution in [-0.4, -0.2) is 16.1 Å². The molecule has 0 saturated heterocycles. The average molecular weight is 283 g/mol. The zero-order valence-corrected chi connectivity index (χ0v) is 11.5. The number of nitrogens with one attached hydrogen (secondary N) is 1. The molecule has 0 amide bonds. The van der Waals surface area contributed by atoms with E-state index in [1.807, 2.05) is 41.9 Å². The molecule has 2 aromatic carbocycles. The molecule has 1 aliphatic rings. The van der Waals surface area contributed by atoms with Gasteiger partial charge in [-0.3, -0.25) is 0 Å². The second-order valence-electron chi connectivity index (χ2n) is 5.12. The van der Waals surface area contributed by atoms with E-state index in [1.54, 1.807) is 6.07 Å². The summed E-state index contributed by atoms with van der Waals surface area (Å²) < 4.78 is 21.7. The van der Waals surface area contributed by atoms with Crippen molar-refractivity contribution in [3.05, 3.63) is 54.1 Å². The number of halogens is 1. The predicted molar refractivity (Wildman–Crippen MR) is 79.0 cm³/mol. The maximum atomic E-state index is 13.9. The largest absolute Gasteiger partial charge is 0.478 e. The summed E-state index contributed by atoms with van der Waals surface area (Å²) in [7, 11) is 1.88. The molecule has 1 aliphatic heterocycles. The molecule has 1 aromatic heterocycles. The van der Waals surface area contributed by atoms with Gasteiger partial charge in [-0.05, 0) is 24.3 Å². The molecule has 1 atom stereocenters. The Morgan fingerprint density at radius 3 is 2.95 bits per heavy atom.